The minimum absolute atomic E-state index is 0.0827. The van der Waals surface area contributed by atoms with Crippen molar-refractivity contribution in [2.75, 3.05) is 0 Å². The molecule has 0 unspecified atom stereocenters. The van der Waals surface area contributed by atoms with E-state index in [9.17, 15) is 9.18 Å². The molecule has 106 valence electrons. The van der Waals surface area contributed by atoms with Gasteiger partial charge in [0, 0.05) is 16.5 Å². The summed E-state index contributed by atoms with van der Waals surface area (Å²) in [5.41, 5.74) is 1.20. The van der Waals surface area contributed by atoms with Crippen LogP contribution in [0.3, 0.4) is 0 Å². The van der Waals surface area contributed by atoms with E-state index in [-0.39, 0.29) is 18.1 Å². The molecule has 1 aromatic heterocycles. The summed E-state index contributed by atoms with van der Waals surface area (Å²) in [5.74, 6) is -0.851. The van der Waals surface area contributed by atoms with Crippen LogP contribution < -0.4 is 4.74 Å². The Morgan fingerprint density at radius 1 is 1.19 bits per heavy atom. The number of benzene rings is 2. The second-order valence-corrected chi connectivity index (χ2v) is 4.59. The van der Waals surface area contributed by atoms with Crippen molar-refractivity contribution < 1.29 is 19.0 Å². The summed E-state index contributed by atoms with van der Waals surface area (Å²) in [6, 6.07) is 13.1. The topological polar surface area (TPSA) is 62.3 Å². The molecular formula is C16H12FNO3. The van der Waals surface area contributed by atoms with Crippen LogP contribution in [-0.4, -0.2) is 16.1 Å². The minimum atomic E-state index is -1.04. The predicted octanol–water partition coefficient (Wildman–Crippen LogP) is 3.58. The zero-order valence-electron chi connectivity index (χ0n) is 11.0. The maximum atomic E-state index is 13.6. The number of carboxylic acids is 1. The van der Waals surface area contributed by atoms with Gasteiger partial charge in [0.1, 0.15) is 23.9 Å². The third-order valence-corrected chi connectivity index (χ3v) is 3.20. The standard InChI is InChI=1S/C16H12FNO3/c17-12-5-2-1-4-10(12)9-21-15-7-3-6-13-11(15)8-14(18-13)16(19)20/h1-8,18H,9H2,(H,19,20). The Hall–Kier alpha value is -2.82. The third kappa shape index (κ3) is 2.58. The van der Waals surface area contributed by atoms with E-state index in [0.29, 0.717) is 22.2 Å². The monoisotopic (exact) mass is 285 g/mol. The molecule has 2 N–H and O–H groups in total. The molecule has 0 saturated heterocycles. The van der Waals surface area contributed by atoms with E-state index in [4.69, 9.17) is 9.84 Å². The zero-order chi connectivity index (χ0) is 14.8. The smallest absolute Gasteiger partial charge is 0.352 e. The second-order valence-electron chi connectivity index (χ2n) is 4.59. The Bertz CT molecular complexity index is 810. The number of halogens is 1. The molecular weight excluding hydrogens is 273 g/mol. The minimum Gasteiger partial charge on any atom is -0.488 e. The van der Waals surface area contributed by atoms with Crippen molar-refractivity contribution in [1.82, 2.24) is 4.98 Å². The molecule has 4 nitrogen and oxygen atoms in total. The highest BCUT2D eigenvalue weighted by molar-refractivity contribution is 5.96. The lowest BCUT2D eigenvalue weighted by Crippen LogP contribution is -1.98. The number of nitrogens with one attached hydrogen (secondary N) is 1. The van der Waals surface area contributed by atoms with Crippen molar-refractivity contribution >= 4 is 16.9 Å². The molecule has 0 fully saturated rings. The van der Waals surface area contributed by atoms with Gasteiger partial charge in [0.05, 0.1) is 0 Å². The number of carboxylic acid groups (broad SMARTS) is 1. The number of rotatable bonds is 4. The molecule has 0 spiro atoms. The van der Waals surface area contributed by atoms with Gasteiger partial charge in [-0.1, -0.05) is 24.3 Å². The molecule has 1 heterocycles. The van der Waals surface area contributed by atoms with Crippen LogP contribution in [-0.2, 0) is 6.61 Å². The largest absolute Gasteiger partial charge is 0.488 e. The number of carbonyl (C=O) groups is 1. The van der Waals surface area contributed by atoms with Crippen LogP contribution in [0.2, 0.25) is 0 Å². The molecule has 3 rings (SSSR count). The molecule has 21 heavy (non-hydrogen) atoms. The Kier molecular flexibility index (Phi) is 3.31. The molecule has 2 aromatic carbocycles. The SMILES string of the molecule is O=C(O)c1cc2c(OCc3ccccc3F)cccc2[nH]1. The Morgan fingerprint density at radius 3 is 2.76 bits per heavy atom. The van der Waals surface area contributed by atoms with Gasteiger partial charge in [0.15, 0.2) is 0 Å². The number of H-pyrrole nitrogens is 1. The average molecular weight is 285 g/mol. The van der Waals surface area contributed by atoms with Crippen LogP contribution in [0.1, 0.15) is 16.1 Å². The van der Waals surface area contributed by atoms with Gasteiger partial charge in [-0.2, -0.15) is 0 Å². The number of aromatic amines is 1. The van der Waals surface area contributed by atoms with Crippen molar-refractivity contribution in [3.05, 3.63) is 65.6 Å². The van der Waals surface area contributed by atoms with Gasteiger partial charge in [-0.3, -0.25) is 0 Å². The summed E-state index contributed by atoms with van der Waals surface area (Å²) < 4.78 is 19.2. The maximum Gasteiger partial charge on any atom is 0.352 e. The third-order valence-electron chi connectivity index (χ3n) is 3.20. The van der Waals surface area contributed by atoms with Crippen LogP contribution in [0.15, 0.2) is 48.5 Å². The summed E-state index contributed by atoms with van der Waals surface area (Å²) in [4.78, 5) is 13.8. The molecule has 0 aliphatic heterocycles. The molecule has 0 radical (unpaired) electrons. The molecule has 5 heteroatoms. The van der Waals surface area contributed by atoms with Crippen LogP contribution in [0, 0.1) is 5.82 Å². The number of fused-ring (bicyclic) bond motifs is 1. The van der Waals surface area contributed by atoms with Crippen LogP contribution in [0.4, 0.5) is 4.39 Å². The van der Waals surface area contributed by atoms with Crippen LogP contribution >= 0.6 is 0 Å². The highest BCUT2D eigenvalue weighted by Crippen LogP contribution is 2.27. The Balaban J connectivity index is 1.90. The van der Waals surface area contributed by atoms with Gasteiger partial charge in [-0.15, -0.1) is 0 Å². The lowest BCUT2D eigenvalue weighted by molar-refractivity contribution is 0.0691. The predicted molar refractivity (Wildman–Crippen MR) is 76.0 cm³/mol. The van der Waals surface area contributed by atoms with Gasteiger partial charge >= 0.3 is 5.97 Å². The zero-order valence-corrected chi connectivity index (χ0v) is 11.0. The van der Waals surface area contributed by atoms with Crippen molar-refractivity contribution in [2.45, 2.75) is 6.61 Å². The first-order chi connectivity index (χ1) is 10.1. The molecule has 0 saturated carbocycles. The van der Waals surface area contributed by atoms with E-state index in [1.165, 1.54) is 12.1 Å². The Labute approximate surface area is 119 Å². The number of ether oxygens (including phenoxy) is 1. The first-order valence-electron chi connectivity index (χ1n) is 6.36. The van der Waals surface area contributed by atoms with Crippen molar-refractivity contribution in [3.63, 3.8) is 0 Å². The van der Waals surface area contributed by atoms with Crippen LogP contribution in [0.5, 0.6) is 5.75 Å². The molecule has 0 amide bonds. The fourth-order valence-corrected chi connectivity index (χ4v) is 2.14. The highest BCUT2D eigenvalue weighted by Gasteiger charge is 2.11. The summed E-state index contributed by atoms with van der Waals surface area (Å²) >= 11 is 0. The summed E-state index contributed by atoms with van der Waals surface area (Å²) in [7, 11) is 0. The highest BCUT2D eigenvalue weighted by atomic mass is 19.1. The fourth-order valence-electron chi connectivity index (χ4n) is 2.14. The molecule has 0 atom stereocenters. The van der Waals surface area contributed by atoms with E-state index >= 15 is 0 Å². The Morgan fingerprint density at radius 2 is 2.00 bits per heavy atom. The lowest BCUT2D eigenvalue weighted by Gasteiger charge is -2.08. The number of hydrogen-bond donors (Lipinski definition) is 2. The van der Waals surface area contributed by atoms with Crippen molar-refractivity contribution in [3.8, 4) is 5.75 Å². The first-order valence-corrected chi connectivity index (χ1v) is 6.36. The van der Waals surface area contributed by atoms with Gasteiger partial charge in [0.2, 0.25) is 0 Å². The van der Waals surface area contributed by atoms with Crippen molar-refractivity contribution in [2.24, 2.45) is 0 Å². The normalized spacial score (nSPS) is 10.7. The molecule has 0 aliphatic carbocycles. The van der Waals surface area contributed by atoms with E-state index in [1.807, 2.05) is 0 Å². The first kappa shape index (κ1) is 13.2. The maximum absolute atomic E-state index is 13.6. The van der Waals surface area contributed by atoms with Crippen LogP contribution in [0.25, 0.3) is 10.9 Å². The van der Waals surface area contributed by atoms with Gasteiger partial charge < -0.3 is 14.8 Å². The molecule has 3 aromatic rings. The van der Waals surface area contributed by atoms with E-state index < -0.39 is 5.97 Å². The van der Waals surface area contributed by atoms with Gasteiger partial charge in [-0.25, -0.2) is 9.18 Å². The molecule has 0 bridgehead atoms. The molecule has 0 aliphatic rings. The average Bonchev–Trinajstić information content (AvgIpc) is 2.91. The number of hydrogen-bond acceptors (Lipinski definition) is 2. The number of aromatic nitrogens is 1. The second kappa shape index (κ2) is 5.28. The number of aromatic carboxylic acids is 1. The van der Waals surface area contributed by atoms with E-state index in [0.717, 1.165) is 0 Å². The fraction of sp³-hybridized carbons (Fsp3) is 0.0625. The summed E-state index contributed by atoms with van der Waals surface area (Å²) in [5, 5.41) is 9.66. The lowest BCUT2D eigenvalue weighted by atomic mass is 10.2. The van der Waals surface area contributed by atoms with E-state index in [2.05, 4.69) is 4.98 Å². The van der Waals surface area contributed by atoms with Crippen molar-refractivity contribution in [1.29, 1.82) is 0 Å². The van der Waals surface area contributed by atoms with Gasteiger partial charge in [0.25, 0.3) is 0 Å². The van der Waals surface area contributed by atoms with Gasteiger partial charge in [-0.05, 0) is 24.3 Å². The van der Waals surface area contributed by atoms with E-state index in [1.54, 1.807) is 36.4 Å². The summed E-state index contributed by atoms with van der Waals surface area (Å²) in [6.07, 6.45) is 0. The quantitative estimate of drug-likeness (QED) is 0.770. The summed E-state index contributed by atoms with van der Waals surface area (Å²) in [6.45, 7) is 0.0827.